The van der Waals surface area contributed by atoms with Gasteiger partial charge in [-0.05, 0) is 48.7 Å². The topological polar surface area (TPSA) is 155 Å². The molecule has 11 heteroatoms. The number of aliphatic carboxylic acids is 1. The van der Waals surface area contributed by atoms with E-state index in [9.17, 15) is 4.79 Å². The summed E-state index contributed by atoms with van der Waals surface area (Å²) in [5, 5.41) is 12.4. The lowest BCUT2D eigenvalue weighted by atomic mass is 10.1. The van der Waals surface area contributed by atoms with E-state index in [0.717, 1.165) is 49.4 Å². The highest BCUT2D eigenvalue weighted by molar-refractivity contribution is 6.06. The number of aromatic nitrogens is 8. The van der Waals surface area contributed by atoms with Gasteiger partial charge < -0.3 is 19.8 Å². The molecule has 0 amide bonds. The molecule has 10 rings (SSSR count). The Hall–Kier alpha value is -7.27. The minimum absolute atomic E-state index is 0.141. The molecule has 53 heavy (non-hydrogen) atoms. The fraction of sp³-hybridized carbons (Fsp3) is 0.0714. The number of carbonyl (C=O) groups is 1. The van der Waals surface area contributed by atoms with Crippen LogP contribution in [0.3, 0.4) is 0 Å². The summed E-state index contributed by atoms with van der Waals surface area (Å²) < 4.78 is 6.31. The zero-order valence-electron chi connectivity index (χ0n) is 28.0. The van der Waals surface area contributed by atoms with Crippen molar-refractivity contribution in [2.45, 2.75) is 19.3 Å². The summed E-state index contributed by atoms with van der Waals surface area (Å²) in [6.45, 7) is 0. The number of aromatic amines is 2. The largest absolute Gasteiger partial charge is 0.481 e. The number of rotatable bonds is 6. The van der Waals surface area contributed by atoms with Gasteiger partial charge in [0.05, 0.1) is 0 Å². The average molecular weight is 693 g/mol. The maximum atomic E-state index is 10.9. The first-order valence-electron chi connectivity index (χ1n) is 17.3. The molecule has 0 saturated carbocycles. The highest BCUT2D eigenvalue weighted by atomic mass is 16.5. The number of hydrogen-bond donors (Lipinski definition) is 3. The van der Waals surface area contributed by atoms with Crippen molar-refractivity contribution >= 4 is 50.1 Å². The first kappa shape index (κ1) is 30.5. The van der Waals surface area contributed by atoms with E-state index < -0.39 is 5.97 Å². The van der Waals surface area contributed by atoms with Crippen LogP contribution in [-0.2, 0) is 11.2 Å². The molecule has 0 spiro atoms. The molecule has 2 aliphatic heterocycles. The predicted octanol–water partition coefficient (Wildman–Crippen LogP) is 9.07. The summed E-state index contributed by atoms with van der Waals surface area (Å²) in [7, 11) is 0. The number of hydrogen-bond acceptors (Lipinski definition) is 8. The van der Waals surface area contributed by atoms with Crippen molar-refractivity contribution in [3.05, 3.63) is 121 Å². The third kappa shape index (κ3) is 5.42. The van der Waals surface area contributed by atoms with Crippen molar-refractivity contribution in [2.24, 2.45) is 0 Å². The van der Waals surface area contributed by atoms with E-state index in [0.29, 0.717) is 70.2 Å². The number of carboxylic acids is 1. The van der Waals surface area contributed by atoms with Gasteiger partial charge in [-0.25, -0.2) is 29.9 Å². The van der Waals surface area contributed by atoms with Gasteiger partial charge in [-0.3, -0.25) is 4.79 Å². The highest BCUT2D eigenvalue weighted by Crippen LogP contribution is 2.37. The number of ether oxygens (including phenoxy) is 1. The second-order valence-corrected chi connectivity index (χ2v) is 12.9. The maximum Gasteiger partial charge on any atom is 0.303 e. The van der Waals surface area contributed by atoms with Crippen LogP contribution in [0.2, 0.25) is 0 Å². The van der Waals surface area contributed by atoms with Gasteiger partial charge in [-0.2, -0.15) is 0 Å². The maximum absolute atomic E-state index is 10.9. The fourth-order valence-electron chi connectivity index (χ4n) is 6.99. The Bertz CT molecular complexity index is 2950. The van der Waals surface area contributed by atoms with Gasteiger partial charge in [0.25, 0.3) is 0 Å². The Morgan fingerprint density at radius 2 is 0.943 bits per heavy atom. The molecule has 8 bridgehead atoms. The molecule has 0 fully saturated rings. The molecule has 3 aromatic heterocycles. The number of H-pyrrole nitrogens is 2. The number of fused-ring (bicyclic) bond motifs is 20. The molecular weight excluding hydrogens is 665 g/mol. The van der Waals surface area contributed by atoms with Gasteiger partial charge in [-0.1, -0.05) is 84.9 Å². The lowest BCUT2D eigenvalue weighted by molar-refractivity contribution is -0.137. The van der Waals surface area contributed by atoms with E-state index in [2.05, 4.69) is 9.97 Å². The standard InChI is InChI=1S/C42H28N8O3/c51-34(52)15-7-8-23-16-18-24(19-17-23)53-25-20-21-32-33(22-25)42-49-40-31-14-6-5-13-30(31)38(47-40)45-36-27-10-2-1-9-26(27)35(43-36)44-37-28-11-3-4-12-29(28)39(46-37)48-41(32)50-42/h1-6,9-14,16-22H,7-8,15H2,(H,51,52)(H2,43,44,45,46,47,48,49,50). The Labute approximate surface area is 301 Å². The lowest BCUT2D eigenvalue weighted by Crippen LogP contribution is -1.95. The van der Waals surface area contributed by atoms with Crippen molar-refractivity contribution in [3.8, 4) is 57.1 Å². The Balaban J connectivity index is 1.20. The van der Waals surface area contributed by atoms with Gasteiger partial charge >= 0.3 is 5.97 Å². The number of nitrogens with one attached hydrogen (secondary N) is 2. The van der Waals surface area contributed by atoms with Crippen LogP contribution >= 0.6 is 0 Å². The van der Waals surface area contributed by atoms with E-state index >= 15 is 0 Å². The second-order valence-electron chi connectivity index (χ2n) is 12.9. The molecule has 0 saturated heterocycles. The van der Waals surface area contributed by atoms with Gasteiger partial charge in [0, 0.05) is 50.2 Å². The van der Waals surface area contributed by atoms with Crippen LogP contribution < -0.4 is 4.74 Å². The van der Waals surface area contributed by atoms with Crippen LogP contribution in [-0.4, -0.2) is 50.9 Å². The molecule has 2 aliphatic rings. The molecule has 3 N–H and O–H groups in total. The summed E-state index contributed by atoms with van der Waals surface area (Å²) in [6, 6.07) is 37.4. The number of benzene rings is 5. The summed E-state index contributed by atoms with van der Waals surface area (Å²) in [4.78, 5) is 48.1. The zero-order chi connectivity index (χ0) is 35.5. The van der Waals surface area contributed by atoms with Crippen molar-refractivity contribution in [1.82, 2.24) is 39.9 Å². The molecule has 0 atom stereocenters. The van der Waals surface area contributed by atoms with Crippen molar-refractivity contribution in [3.63, 3.8) is 0 Å². The highest BCUT2D eigenvalue weighted by Gasteiger charge is 2.22. The van der Waals surface area contributed by atoms with Crippen molar-refractivity contribution in [1.29, 1.82) is 0 Å². The van der Waals surface area contributed by atoms with Crippen LogP contribution in [0.4, 0.5) is 0 Å². The molecule has 0 radical (unpaired) electrons. The van der Waals surface area contributed by atoms with Gasteiger partial charge in [0.2, 0.25) is 0 Å². The van der Waals surface area contributed by atoms with Crippen LogP contribution in [0.5, 0.6) is 11.5 Å². The molecule has 0 unspecified atom stereocenters. The predicted molar refractivity (Wildman–Crippen MR) is 203 cm³/mol. The second kappa shape index (κ2) is 12.2. The molecule has 0 aliphatic carbocycles. The summed E-state index contributed by atoms with van der Waals surface area (Å²) >= 11 is 0. The van der Waals surface area contributed by atoms with Crippen LogP contribution in [0.15, 0.2) is 115 Å². The first-order valence-corrected chi connectivity index (χ1v) is 17.3. The van der Waals surface area contributed by atoms with E-state index in [4.69, 9.17) is 39.7 Å². The van der Waals surface area contributed by atoms with Crippen LogP contribution in [0.1, 0.15) is 18.4 Å². The smallest absolute Gasteiger partial charge is 0.303 e. The van der Waals surface area contributed by atoms with E-state index in [-0.39, 0.29) is 6.42 Å². The average Bonchev–Trinajstić information content (AvgIpc) is 3.91. The minimum atomic E-state index is -0.789. The van der Waals surface area contributed by atoms with Gasteiger partial charge in [0.15, 0.2) is 23.3 Å². The van der Waals surface area contributed by atoms with Gasteiger partial charge in [-0.15, -0.1) is 0 Å². The molecule has 5 heterocycles. The van der Waals surface area contributed by atoms with E-state index in [1.807, 2.05) is 115 Å². The molecule has 8 aromatic rings. The summed E-state index contributed by atoms with van der Waals surface area (Å²) in [6.07, 6.45) is 1.41. The zero-order valence-corrected chi connectivity index (χ0v) is 28.0. The Kier molecular flexibility index (Phi) is 7.03. The lowest BCUT2D eigenvalue weighted by Gasteiger charge is -2.07. The molecule has 254 valence electrons. The van der Waals surface area contributed by atoms with Crippen LogP contribution in [0, 0.1) is 0 Å². The normalized spacial score (nSPS) is 11.8. The Morgan fingerprint density at radius 3 is 1.43 bits per heavy atom. The third-order valence-corrected chi connectivity index (χ3v) is 9.54. The number of carboxylic acid groups (broad SMARTS) is 1. The first-order chi connectivity index (χ1) is 26.0. The minimum Gasteiger partial charge on any atom is -0.481 e. The van der Waals surface area contributed by atoms with E-state index in [1.165, 1.54) is 0 Å². The Morgan fingerprint density at radius 1 is 0.509 bits per heavy atom. The van der Waals surface area contributed by atoms with Crippen LogP contribution in [0.25, 0.3) is 89.7 Å². The number of nitrogens with zero attached hydrogens (tertiary/aromatic N) is 6. The SMILES string of the molecule is O=C(O)CCCc1ccc(Oc2ccc3c4nc5nc(nc6[nH]c(nc7nc(nc([nH]4)c3c2)-c2ccccc2-7)c2ccccc62)-c2ccccc2-5)cc1. The third-order valence-electron chi connectivity index (χ3n) is 9.54. The molecule has 11 nitrogen and oxygen atoms in total. The summed E-state index contributed by atoms with van der Waals surface area (Å²) in [5.41, 5.74) is 6.98. The van der Waals surface area contributed by atoms with Crippen molar-refractivity contribution < 1.29 is 14.6 Å². The quantitative estimate of drug-likeness (QED) is 0.155. The van der Waals surface area contributed by atoms with E-state index in [1.54, 1.807) is 0 Å². The number of aryl methyl sites for hydroxylation is 1. The van der Waals surface area contributed by atoms with Crippen molar-refractivity contribution in [2.75, 3.05) is 0 Å². The molecule has 5 aromatic carbocycles. The van der Waals surface area contributed by atoms with Gasteiger partial charge in [0.1, 0.15) is 34.1 Å². The fourth-order valence-corrected chi connectivity index (χ4v) is 6.99. The monoisotopic (exact) mass is 692 g/mol. The molecular formula is C42H28N8O3. The summed E-state index contributed by atoms with van der Waals surface area (Å²) in [5.74, 6) is 2.63.